The predicted octanol–water partition coefficient (Wildman–Crippen LogP) is 2.18. The molecular weight excluding hydrogens is 228 g/mol. The van der Waals surface area contributed by atoms with E-state index in [4.69, 9.17) is 10.00 Å². The standard InChI is InChI=1S/C14H16N2O2/c1-2-18-12-7-5-10(6-8-12)13(9-15)16-14(17)11-3-4-11/h5-8,11,13H,2-4H2,1H3,(H,16,17). The van der Waals surface area contributed by atoms with Gasteiger partial charge in [-0.25, -0.2) is 0 Å². The van der Waals surface area contributed by atoms with Gasteiger partial charge < -0.3 is 10.1 Å². The number of ether oxygens (including phenoxy) is 1. The Kier molecular flexibility index (Phi) is 3.83. The summed E-state index contributed by atoms with van der Waals surface area (Å²) in [5.74, 6) is 0.866. The predicted molar refractivity (Wildman–Crippen MR) is 66.8 cm³/mol. The molecule has 0 saturated heterocycles. The number of hydrogen-bond donors (Lipinski definition) is 1. The summed E-state index contributed by atoms with van der Waals surface area (Å²) in [6.45, 7) is 2.53. The van der Waals surface area contributed by atoms with Crippen molar-refractivity contribution in [3.8, 4) is 11.8 Å². The maximum Gasteiger partial charge on any atom is 0.224 e. The fourth-order valence-corrected chi connectivity index (χ4v) is 1.72. The van der Waals surface area contributed by atoms with E-state index in [-0.39, 0.29) is 11.8 Å². The Hall–Kier alpha value is -2.02. The van der Waals surface area contributed by atoms with Gasteiger partial charge in [-0.2, -0.15) is 5.26 Å². The van der Waals surface area contributed by atoms with Crippen LogP contribution in [0.4, 0.5) is 0 Å². The molecule has 2 rings (SSSR count). The van der Waals surface area contributed by atoms with Gasteiger partial charge in [0.2, 0.25) is 5.91 Å². The second kappa shape index (κ2) is 5.54. The van der Waals surface area contributed by atoms with Gasteiger partial charge in [0.15, 0.2) is 0 Å². The molecule has 4 heteroatoms. The first-order chi connectivity index (χ1) is 8.74. The molecule has 1 saturated carbocycles. The zero-order chi connectivity index (χ0) is 13.0. The van der Waals surface area contributed by atoms with Crippen molar-refractivity contribution < 1.29 is 9.53 Å². The van der Waals surface area contributed by atoms with Crippen LogP contribution in [0.1, 0.15) is 31.4 Å². The Bertz CT molecular complexity index is 458. The molecule has 18 heavy (non-hydrogen) atoms. The summed E-state index contributed by atoms with van der Waals surface area (Å²) in [5.41, 5.74) is 0.787. The Morgan fingerprint density at radius 1 is 1.50 bits per heavy atom. The maximum atomic E-state index is 11.6. The molecule has 0 heterocycles. The zero-order valence-electron chi connectivity index (χ0n) is 10.3. The zero-order valence-corrected chi connectivity index (χ0v) is 10.3. The highest BCUT2D eigenvalue weighted by atomic mass is 16.5. The minimum atomic E-state index is -0.575. The average molecular weight is 244 g/mol. The molecule has 1 N–H and O–H groups in total. The Morgan fingerprint density at radius 2 is 2.17 bits per heavy atom. The fourth-order valence-electron chi connectivity index (χ4n) is 1.72. The lowest BCUT2D eigenvalue weighted by molar-refractivity contribution is -0.122. The topological polar surface area (TPSA) is 62.1 Å². The number of rotatable bonds is 5. The quantitative estimate of drug-likeness (QED) is 0.863. The van der Waals surface area contributed by atoms with Gasteiger partial charge in [0.25, 0.3) is 0 Å². The van der Waals surface area contributed by atoms with E-state index in [1.807, 2.05) is 31.2 Å². The number of amides is 1. The fraction of sp³-hybridized carbons (Fsp3) is 0.429. The van der Waals surface area contributed by atoms with Gasteiger partial charge in [0, 0.05) is 5.92 Å². The molecule has 1 fully saturated rings. The van der Waals surface area contributed by atoms with Crippen LogP contribution in [-0.2, 0) is 4.79 Å². The maximum absolute atomic E-state index is 11.6. The van der Waals surface area contributed by atoms with Crippen LogP contribution in [0.15, 0.2) is 24.3 Å². The largest absolute Gasteiger partial charge is 0.494 e. The van der Waals surface area contributed by atoms with Gasteiger partial charge in [-0.3, -0.25) is 4.79 Å². The summed E-state index contributed by atoms with van der Waals surface area (Å²) in [7, 11) is 0. The SMILES string of the molecule is CCOc1ccc(C(C#N)NC(=O)C2CC2)cc1. The van der Waals surface area contributed by atoms with Crippen molar-refractivity contribution in [2.45, 2.75) is 25.8 Å². The number of nitriles is 1. The van der Waals surface area contributed by atoms with Gasteiger partial charge in [0.1, 0.15) is 11.8 Å². The van der Waals surface area contributed by atoms with Crippen LogP contribution in [0.2, 0.25) is 0 Å². The molecule has 1 aromatic rings. The minimum Gasteiger partial charge on any atom is -0.494 e. The second-order valence-electron chi connectivity index (χ2n) is 4.35. The van der Waals surface area contributed by atoms with Gasteiger partial charge >= 0.3 is 0 Å². The molecule has 0 spiro atoms. The van der Waals surface area contributed by atoms with E-state index in [9.17, 15) is 4.79 Å². The first-order valence-electron chi connectivity index (χ1n) is 6.17. The molecule has 4 nitrogen and oxygen atoms in total. The molecule has 1 atom stereocenters. The van der Waals surface area contributed by atoms with Crippen LogP contribution < -0.4 is 10.1 Å². The number of benzene rings is 1. The Labute approximate surface area is 107 Å². The highest BCUT2D eigenvalue weighted by Gasteiger charge is 2.31. The van der Waals surface area contributed by atoms with Crippen molar-refractivity contribution in [2.75, 3.05) is 6.61 Å². The summed E-state index contributed by atoms with van der Waals surface area (Å²) in [5, 5.41) is 11.9. The van der Waals surface area contributed by atoms with Crippen molar-refractivity contribution in [3.63, 3.8) is 0 Å². The number of hydrogen-bond acceptors (Lipinski definition) is 3. The summed E-state index contributed by atoms with van der Waals surface area (Å²) in [6, 6.07) is 8.78. The van der Waals surface area contributed by atoms with Gasteiger partial charge in [-0.05, 0) is 37.5 Å². The molecule has 1 unspecified atom stereocenters. The molecule has 0 aliphatic heterocycles. The summed E-state index contributed by atoms with van der Waals surface area (Å²) >= 11 is 0. The highest BCUT2D eigenvalue weighted by Crippen LogP contribution is 2.29. The van der Waals surface area contributed by atoms with Gasteiger partial charge in [0.05, 0.1) is 12.7 Å². The van der Waals surface area contributed by atoms with Crippen LogP contribution in [0.3, 0.4) is 0 Å². The number of nitrogens with one attached hydrogen (secondary N) is 1. The van der Waals surface area contributed by atoms with Crippen LogP contribution in [-0.4, -0.2) is 12.5 Å². The molecule has 1 aromatic carbocycles. The van der Waals surface area contributed by atoms with Gasteiger partial charge in [-0.1, -0.05) is 12.1 Å². The molecule has 0 radical (unpaired) electrons. The minimum absolute atomic E-state index is 0.0181. The van der Waals surface area contributed by atoms with E-state index >= 15 is 0 Å². The molecule has 1 aliphatic carbocycles. The Balaban J connectivity index is 2.02. The molecule has 94 valence electrons. The van der Waals surface area contributed by atoms with Crippen LogP contribution in [0.25, 0.3) is 0 Å². The third-order valence-corrected chi connectivity index (χ3v) is 2.89. The van der Waals surface area contributed by atoms with Crippen LogP contribution >= 0.6 is 0 Å². The van der Waals surface area contributed by atoms with Crippen molar-refractivity contribution >= 4 is 5.91 Å². The van der Waals surface area contributed by atoms with Crippen molar-refractivity contribution in [1.29, 1.82) is 5.26 Å². The lowest BCUT2D eigenvalue weighted by Crippen LogP contribution is -2.28. The van der Waals surface area contributed by atoms with Crippen LogP contribution in [0, 0.1) is 17.2 Å². The van der Waals surface area contributed by atoms with Crippen molar-refractivity contribution in [3.05, 3.63) is 29.8 Å². The second-order valence-corrected chi connectivity index (χ2v) is 4.35. The molecular formula is C14H16N2O2. The van der Waals surface area contributed by atoms with Crippen LogP contribution in [0.5, 0.6) is 5.75 Å². The summed E-state index contributed by atoms with van der Waals surface area (Å²) < 4.78 is 5.33. The number of carbonyl (C=O) groups excluding carboxylic acids is 1. The molecule has 1 amide bonds. The smallest absolute Gasteiger partial charge is 0.224 e. The first-order valence-corrected chi connectivity index (χ1v) is 6.17. The molecule has 0 aromatic heterocycles. The van der Waals surface area contributed by atoms with E-state index in [0.717, 1.165) is 24.2 Å². The summed E-state index contributed by atoms with van der Waals surface area (Å²) in [4.78, 5) is 11.6. The van der Waals surface area contributed by atoms with E-state index in [2.05, 4.69) is 11.4 Å². The number of nitrogens with zero attached hydrogens (tertiary/aromatic N) is 1. The first kappa shape index (κ1) is 12.4. The third kappa shape index (κ3) is 3.01. The van der Waals surface area contributed by atoms with Crippen molar-refractivity contribution in [2.24, 2.45) is 5.92 Å². The normalized spacial score (nSPS) is 15.6. The van der Waals surface area contributed by atoms with E-state index in [1.165, 1.54) is 0 Å². The summed E-state index contributed by atoms with van der Waals surface area (Å²) in [6.07, 6.45) is 1.88. The van der Waals surface area contributed by atoms with E-state index < -0.39 is 6.04 Å². The highest BCUT2D eigenvalue weighted by molar-refractivity contribution is 5.81. The van der Waals surface area contributed by atoms with E-state index in [1.54, 1.807) is 0 Å². The Morgan fingerprint density at radius 3 is 2.67 bits per heavy atom. The number of carbonyl (C=O) groups is 1. The van der Waals surface area contributed by atoms with Crippen molar-refractivity contribution in [1.82, 2.24) is 5.32 Å². The monoisotopic (exact) mass is 244 g/mol. The lowest BCUT2D eigenvalue weighted by atomic mass is 10.1. The van der Waals surface area contributed by atoms with Gasteiger partial charge in [-0.15, -0.1) is 0 Å². The third-order valence-electron chi connectivity index (χ3n) is 2.89. The van der Waals surface area contributed by atoms with E-state index in [0.29, 0.717) is 6.61 Å². The molecule has 1 aliphatic rings. The lowest BCUT2D eigenvalue weighted by Gasteiger charge is -2.12. The average Bonchev–Trinajstić information content (AvgIpc) is 3.21. The molecule has 0 bridgehead atoms.